The van der Waals surface area contributed by atoms with Crippen molar-refractivity contribution in [1.82, 2.24) is 5.32 Å². The topological polar surface area (TPSA) is 38.3 Å². The summed E-state index contributed by atoms with van der Waals surface area (Å²) in [7, 11) is 1.47. The van der Waals surface area contributed by atoms with E-state index >= 15 is 0 Å². The normalized spacial score (nSPS) is 18.7. The first-order valence-corrected chi connectivity index (χ1v) is 5.59. The summed E-state index contributed by atoms with van der Waals surface area (Å²) >= 11 is 0. The lowest BCUT2D eigenvalue weighted by Gasteiger charge is -2.28. The van der Waals surface area contributed by atoms with E-state index in [-0.39, 0.29) is 11.9 Å². The smallest absolute Gasteiger partial charge is 0.309 e. The maximum absolute atomic E-state index is 11.4. The molecular formula is C11H21NO2. The van der Waals surface area contributed by atoms with E-state index < -0.39 is 0 Å². The van der Waals surface area contributed by atoms with Gasteiger partial charge in [0.1, 0.15) is 0 Å². The molecule has 1 aliphatic carbocycles. The molecule has 0 saturated heterocycles. The molecular weight excluding hydrogens is 178 g/mol. The lowest BCUT2D eigenvalue weighted by atomic mass is 9.92. The molecule has 1 fully saturated rings. The van der Waals surface area contributed by atoms with Gasteiger partial charge in [0.05, 0.1) is 13.0 Å². The van der Waals surface area contributed by atoms with Gasteiger partial charge in [0, 0.05) is 12.6 Å². The molecule has 0 aromatic rings. The molecule has 0 aromatic carbocycles. The van der Waals surface area contributed by atoms with Crippen molar-refractivity contribution in [1.29, 1.82) is 0 Å². The molecule has 1 unspecified atom stereocenters. The average molecular weight is 199 g/mol. The molecule has 14 heavy (non-hydrogen) atoms. The third-order valence-corrected chi connectivity index (χ3v) is 2.93. The van der Waals surface area contributed by atoms with Gasteiger partial charge in [0.2, 0.25) is 0 Å². The van der Waals surface area contributed by atoms with Crippen LogP contribution in [0.3, 0.4) is 0 Å². The van der Waals surface area contributed by atoms with Gasteiger partial charge in [-0.3, -0.25) is 4.79 Å². The maximum Gasteiger partial charge on any atom is 0.309 e. The SMILES string of the molecule is CCCC(CNC1CCC1)C(=O)OC. The molecule has 0 spiro atoms. The molecule has 82 valence electrons. The standard InChI is InChI=1S/C11H21NO2/c1-3-5-9(11(13)14-2)8-12-10-6-4-7-10/h9-10,12H,3-8H2,1-2H3. The third-order valence-electron chi connectivity index (χ3n) is 2.93. The highest BCUT2D eigenvalue weighted by atomic mass is 16.5. The number of nitrogens with one attached hydrogen (secondary N) is 1. The highest BCUT2D eigenvalue weighted by Gasteiger charge is 2.22. The van der Waals surface area contributed by atoms with Crippen molar-refractivity contribution in [3.05, 3.63) is 0 Å². The van der Waals surface area contributed by atoms with E-state index in [4.69, 9.17) is 4.74 Å². The molecule has 3 heteroatoms. The fourth-order valence-electron chi connectivity index (χ4n) is 1.74. The Morgan fingerprint density at radius 1 is 1.57 bits per heavy atom. The number of hydrogen-bond donors (Lipinski definition) is 1. The lowest BCUT2D eigenvalue weighted by Crippen LogP contribution is -2.40. The van der Waals surface area contributed by atoms with Crippen LogP contribution in [-0.2, 0) is 9.53 Å². The zero-order valence-corrected chi connectivity index (χ0v) is 9.21. The Labute approximate surface area is 86.2 Å². The van der Waals surface area contributed by atoms with Crippen LogP contribution in [0.2, 0.25) is 0 Å². The molecule has 0 radical (unpaired) electrons. The van der Waals surface area contributed by atoms with Gasteiger partial charge >= 0.3 is 5.97 Å². The number of carbonyl (C=O) groups is 1. The zero-order valence-electron chi connectivity index (χ0n) is 9.21. The number of hydrogen-bond acceptors (Lipinski definition) is 3. The second-order valence-electron chi connectivity index (χ2n) is 4.04. The van der Waals surface area contributed by atoms with Crippen molar-refractivity contribution in [3.63, 3.8) is 0 Å². The molecule has 0 heterocycles. The number of rotatable bonds is 6. The van der Waals surface area contributed by atoms with Crippen molar-refractivity contribution in [2.75, 3.05) is 13.7 Å². The summed E-state index contributed by atoms with van der Waals surface area (Å²) in [6.07, 6.45) is 5.81. The van der Waals surface area contributed by atoms with Gasteiger partial charge in [-0.25, -0.2) is 0 Å². The second kappa shape index (κ2) is 6.02. The average Bonchev–Trinajstić information content (AvgIpc) is 2.13. The molecule has 1 atom stereocenters. The molecule has 1 aliphatic rings. The van der Waals surface area contributed by atoms with Gasteiger partial charge in [0.25, 0.3) is 0 Å². The molecule has 0 aliphatic heterocycles. The Balaban J connectivity index is 2.22. The quantitative estimate of drug-likeness (QED) is 0.662. The van der Waals surface area contributed by atoms with Gasteiger partial charge in [-0.05, 0) is 19.3 Å². The molecule has 0 bridgehead atoms. The minimum atomic E-state index is -0.0707. The summed E-state index contributed by atoms with van der Waals surface area (Å²) in [6.45, 7) is 2.88. The number of methoxy groups -OCH3 is 1. The van der Waals surface area contributed by atoms with Crippen LogP contribution in [0.1, 0.15) is 39.0 Å². The summed E-state index contributed by atoms with van der Waals surface area (Å²) < 4.78 is 4.77. The van der Waals surface area contributed by atoms with Crippen LogP contribution in [0.4, 0.5) is 0 Å². The summed E-state index contributed by atoms with van der Waals surface area (Å²) in [6, 6.07) is 0.652. The van der Waals surface area contributed by atoms with Crippen molar-refractivity contribution in [2.24, 2.45) is 5.92 Å². The Kier molecular flexibility index (Phi) is 4.94. The van der Waals surface area contributed by atoms with Crippen LogP contribution >= 0.6 is 0 Å². The van der Waals surface area contributed by atoms with Crippen molar-refractivity contribution in [3.8, 4) is 0 Å². The fraction of sp³-hybridized carbons (Fsp3) is 0.909. The van der Waals surface area contributed by atoms with Crippen LogP contribution in [0.15, 0.2) is 0 Å². The van der Waals surface area contributed by atoms with Crippen molar-refractivity contribution < 1.29 is 9.53 Å². The molecule has 0 amide bonds. The fourth-order valence-corrected chi connectivity index (χ4v) is 1.74. The van der Waals surface area contributed by atoms with Gasteiger partial charge in [-0.1, -0.05) is 19.8 Å². The minimum Gasteiger partial charge on any atom is -0.469 e. The number of carbonyl (C=O) groups excluding carboxylic acids is 1. The first-order valence-electron chi connectivity index (χ1n) is 5.59. The van der Waals surface area contributed by atoms with Crippen LogP contribution in [0.25, 0.3) is 0 Å². The Morgan fingerprint density at radius 2 is 2.29 bits per heavy atom. The van der Waals surface area contributed by atoms with E-state index in [1.165, 1.54) is 26.4 Å². The largest absolute Gasteiger partial charge is 0.469 e. The second-order valence-corrected chi connectivity index (χ2v) is 4.04. The number of ether oxygens (including phenoxy) is 1. The Bertz CT molecular complexity index is 178. The molecule has 1 saturated carbocycles. The van der Waals surface area contributed by atoms with E-state index in [2.05, 4.69) is 12.2 Å². The predicted octanol–water partition coefficient (Wildman–Crippen LogP) is 1.72. The van der Waals surface area contributed by atoms with E-state index in [0.29, 0.717) is 6.04 Å². The van der Waals surface area contributed by atoms with Gasteiger partial charge in [-0.2, -0.15) is 0 Å². The Hall–Kier alpha value is -0.570. The van der Waals surface area contributed by atoms with E-state index in [0.717, 1.165) is 19.4 Å². The maximum atomic E-state index is 11.4. The first-order chi connectivity index (χ1) is 6.77. The van der Waals surface area contributed by atoms with E-state index in [1.54, 1.807) is 0 Å². The van der Waals surface area contributed by atoms with Crippen LogP contribution < -0.4 is 5.32 Å². The summed E-state index contributed by atoms with van der Waals surface area (Å²) in [5, 5.41) is 3.42. The van der Waals surface area contributed by atoms with Crippen LogP contribution in [0, 0.1) is 5.92 Å². The van der Waals surface area contributed by atoms with Crippen LogP contribution in [0.5, 0.6) is 0 Å². The monoisotopic (exact) mass is 199 g/mol. The molecule has 1 N–H and O–H groups in total. The summed E-state index contributed by atoms with van der Waals surface area (Å²) in [4.78, 5) is 11.4. The molecule has 0 aromatic heterocycles. The van der Waals surface area contributed by atoms with Crippen LogP contribution in [-0.4, -0.2) is 25.7 Å². The third kappa shape index (κ3) is 3.29. The summed E-state index contributed by atoms with van der Waals surface area (Å²) in [5.41, 5.74) is 0. The summed E-state index contributed by atoms with van der Waals surface area (Å²) in [5.74, 6) is -0.0238. The van der Waals surface area contributed by atoms with Crippen molar-refractivity contribution >= 4 is 5.97 Å². The zero-order chi connectivity index (χ0) is 10.4. The lowest BCUT2D eigenvalue weighted by molar-refractivity contribution is -0.145. The van der Waals surface area contributed by atoms with E-state index in [1.807, 2.05) is 0 Å². The Morgan fingerprint density at radius 3 is 2.71 bits per heavy atom. The first kappa shape index (κ1) is 11.5. The highest BCUT2D eigenvalue weighted by molar-refractivity contribution is 5.72. The molecule has 3 nitrogen and oxygen atoms in total. The predicted molar refractivity (Wildman–Crippen MR) is 56.1 cm³/mol. The molecule has 1 rings (SSSR count). The van der Waals surface area contributed by atoms with Crippen molar-refractivity contribution in [2.45, 2.75) is 45.1 Å². The minimum absolute atomic E-state index is 0.0469. The van der Waals surface area contributed by atoms with Gasteiger partial charge in [0.15, 0.2) is 0 Å². The van der Waals surface area contributed by atoms with Gasteiger partial charge in [-0.15, -0.1) is 0 Å². The highest BCUT2D eigenvalue weighted by Crippen LogP contribution is 2.18. The van der Waals surface area contributed by atoms with E-state index in [9.17, 15) is 4.79 Å². The number of esters is 1. The van der Waals surface area contributed by atoms with Gasteiger partial charge < -0.3 is 10.1 Å².